The Bertz CT molecular complexity index is 932. The van der Waals surface area contributed by atoms with Crippen molar-refractivity contribution in [3.8, 4) is 0 Å². The van der Waals surface area contributed by atoms with Gasteiger partial charge in [0.15, 0.2) is 5.79 Å². The van der Waals surface area contributed by atoms with Crippen molar-refractivity contribution < 1.29 is 23.8 Å². The fourth-order valence-electron chi connectivity index (χ4n) is 8.96. The minimum absolute atomic E-state index is 0.0137. The average Bonchev–Trinajstić information content (AvgIpc) is 3.26. The van der Waals surface area contributed by atoms with E-state index in [1.807, 2.05) is 20.8 Å². The highest BCUT2D eigenvalue weighted by Crippen LogP contribution is 2.66. The van der Waals surface area contributed by atoms with Crippen LogP contribution in [-0.2, 0) is 23.8 Å². The lowest BCUT2D eigenvalue weighted by Gasteiger charge is -2.60. The van der Waals surface area contributed by atoms with E-state index in [9.17, 15) is 9.59 Å². The van der Waals surface area contributed by atoms with Crippen LogP contribution in [0.15, 0.2) is 5.11 Å². The van der Waals surface area contributed by atoms with Crippen molar-refractivity contribution >= 4 is 11.8 Å². The molecule has 5 aliphatic rings. The van der Waals surface area contributed by atoms with Crippen LogP contribution >= 0.6 is 0 Å². The SMILES string of the molecule is CCC[C@@H](N=[N+]=[N-])C(=O)O[C@H]1CC[C@H]2[C@@H]3CC(=O)[C@H]4C[C@@H]5OC(C)(C)O[C@@H]5C[C@]4(C)[C@H]3CC[C@]12C. The Hall–Kier alpha value is -1.63. The van der Waals surface area contributed by atoms with Crippen molar-refractivity contribution in [2.24, 2.45) is 39.6 Å². The first-order valence-electron chi connectivity index (χ1n) is 13.7. The molecule has 10 atom stereocenters. The van der Waals surface area contributed by atoms with Gasteiger partial charge < -0.3 is 14.2 Å². The molecule has 35 heavy (non-hydrogen) atoms. The second kappa shape index (κ2) is 8.74. The van der Waals surface area contributed by atoms with Gasteiger partial charge >= 0.3 is 5.97 Å². The van der Waals surface area contributed by atoms with Gasteiger partial charge in [-0.25, -0.2) is 0 Å². The third kappa shape index (κ3) is 4.00. The lowest BCUT2D eigenvalue weighted by molar-refractivity contribution is -0.174. The minimum Gasteiger partial charge on any atom is -0.461 e. The maximum atomic E-state index is 13.6. The first-order chi connectivity index (χ1) is 16.5. The lowest BCUT2D eigenvalue weighted by atomic mass is 9.44. The van der Waals surface area contributed by atoms with E-state index in [2.05, 4.69) is 23.9 Å². The van der Waals surface area contributed by atoms with E-state index < -0.39 is 17.8 Å². The van der Waals surface area contributed by atoms with E-state index in [0.717, 1.165) is 44.9 Å². The number of ether oxygens (including phenoxy) is 3. The predicted molar refractivity (Wildman–Crippen MR) is 129 cm³/mol. The molecule has 0 aromatic rings. The van der Waals surface area contributed by atoms with Gasteiger partial charge in [0.05, 0.1) is 12.2 Å². The maximum Gasteiger partial charge on any atom is 0.315 e. The van der Waals surface area contributed by atoms with Crippen molar-refractivity contribution in [3.05, 3.63) is 10.4 Å². The van der Waals surface area contributed by atoms with Crippen molar-refractivity contribution in [1.82, 2.24) is 0 Å². The topological polar surface area (TPSA) is 111 Å². The van der Waals surface area contributed by atoms with Crippen molar-refractivity contribution in [3.63, 3.8) is 0 Å². The summed E-state index contributed by atoms with van der Waals surface area (Å²) < 4.78 is 18.5. The first kappa shape index (κ1) is 25.0. The number of esters is 1. The highest BCUT2D eigenvalue weighted by atomic mass is 16.7. The van der Waals surface area contributed by atoms with Gasteiger partial charge in [-0.3, -0.25) is 9.59 Å². The van der Waals surface area contributed by atoms with E-state index in [1.54, 1.807) is 0 Å². The fraction of sp³-hybridized carbons (Fsp3) is 0.926. The normalized spacial score (nSPS) is 46.4. The molecule has 0 radical (unpaired) electrons. The van der Waals surface area contributed by atoms with Crippen molar-refractivity contribution in [2.45, 2.75) is 123 Å². The number of Topliss-reactive ketones (excluding diaryl/α,β-unsaturated/α-hetero) is 1. The summed E-state index contributed by atoms with van der Waals surface area (Å²) in [5, 5.41) is 3.69. The summed E-state index contributed by atoms with van der Waals surface area (Å²) in [6, 6.07) is -0.756. The molecule has 8 heteroatoms. The van der Waals surface area contributed by atoms with E-state index in [-0.39, 0.29) is 35.1 Å². The summed E-state index contributed by atoms with van der Waals surface area (Å²) in [6.07, 6.45) is 7.24. The summed E-state index contributed by atoms with van der Waals surface area (Å²) in [7, 11) is 0. The highest BCUT2D eigenvalue weighted by Gasteiger charge is 2.65. The van der Waals surface area contributed by atoms with Crippen LogP contribution in [-0.4, -0.2) is 41.9 Å². The van der Waals surface area contributed by atoms with Crippen molar-refractivity contribution in [1.29, 1.82) is 0 Å². The van der Waals surface area contributed by atoms with Gasteiger partial charge in [0.1, 0.15) is 17.9 Å². The molecule has 0 unspecified atom stereocenters. The Labute approximate surface area is 208 Å². The number of nitrogens with zero attached hydrogens (tertiary/aromatic N) is 3. The fourth-order valence-corrected chi connectivity index (χ4v) is 8.96. The Morgan fingerprint density at radius 3 is 2.57 bits per heavy atom. The van der Waals surface area contributed by atoms with Gasteiger partial charge in [-0.05, 0) is 87.5 Å². The van der Waals surface area contributed by atoms with Gasteiger partial charge in [0, 0.05) is 22.7 Å². The molecule has 4 aliphatic carbocycles. The third-order valence-electron chi connectivity index (χ3n) is 10.5. The summed E-state index contributed by atoms with van der Waals surface area (Å²) in [5.74, 6) is 0.603. The van der Waals surface area contributed by atoms with Gasteiger partial charge in [-0.2, -0.15) is 0 Å². The third-order valence-corrected chi connectivity index (χ3v) is 10.5. The van der Waals surface area contributed by atoms with Gasteiger partial charge in [-0.15, -0.1) is 0 Å². The molecule has 5 fully saturated rings. The number of rotatable bonds is 5. The van der Waals surface area contributed by atoms with Crippen LogP contribution in [0, 0.1) is 34.5 Å². The van der Waals surface area contributed by atoms with Crippen LogP contribution in [0.4, 0.5) is 0 Å². The molecular formula is C27H41N3O5. The average molecular weight is 488 g/mol. The summed E-state index contributed by atoms with van der Waals surface area (Å²) in [4.78, 5) is 29.3. The zero-order valence-corrected chi connectivity index (χ0v) is 21.9. The maximum absolute atomic E-state index is 13.6. The molecule has 5 rings (SSSR count). The number of carbonyl (C=O) groups excluding carboxylic acids is 2. The predicted octanol–water partition coefficient (Wildman–Crippen LogP) is 5.73. The van der Waals surface area contributed by atoms with Crippen LogP contribution in [0.5, 0.6) is 0 Å². The summed E-state index contributed by atoms with van der Waals surface area (Å²) >= 11 is 0. The molecule has 1 saturated heterocycles. The van der Waals surface area contributed by atoms with E-state index in [1.165, 1.54) is 0 Å². The number of hydrogen-bond acceptors (Lipinski definition) is 6. The van der Waals surface area contributed by atoms with E-state index >= 15 is 0 Å². The Balaban J connectivity index is 1.35. The second-order valence-corrected chi connectivity index (χ2v) is 12.8. The molecular weight excluding hydrogens is 446 g/mol. The summed E-state index contributed by atoms with van der Waals surface area (Å²) in [5.41, 5.74) is 8.66. The van der Waals surface area contributed by atoms with Crippen LogP contribution in [0.1, 0.15) is 92.4 Å². The molecule has 4 saturated carbocycles. The Morgan fingerprint density at radius 1 is 1.14 bits per heavy atom. The molecule has 0 bridgehead atoms. The molecule has 0 amide bonds. The quantitative estimate of drug-likeness (QED) is 0.213. The van der Waals surface area contributed by atoms with Crippen molar-refractivity contribution in [2.75, 3.05) is 0 Å². The number of ketones is 1. The molecule has 0 aromatic carbocycles. The lowest BCUT2D eigenvalue weighted by Crippen LogP contribution is -2.59. The molecule has 1 aliphatic heterocycles. The standard InChI is InChI=1S/C27H41N3O5/c1-6-7-19(29-30-28)24(32)33-23-9-8-16-15-12-20(31)18-13-21-22(35-25(2,3)34-21)14-27(18,5)17(15)10-11-26(16,23)4/h15-19,21-23H,6-14H2,1-5H3/t15-,16-,17-,18+,19+,21-,22+,23-,26-,27+/m0/s1. The van der Waals surface area contributed by atoms with E-state index in [0.29, 0.717) is 36.4 Å². The minimum atomic E-state index is -0.756. The van der Waals surface area contributed by atoms with Crippen LogP contribution in [0.2, 0.25) is 0 Å². The first-order valence-corrected chi connectivity index (χ1v) is 13.7. The van der Waals surface area contributed by atoms with Gasteiger partial charge in [0.25, 0.3) is 0 Å². The zero-order valence-electron chi connectivity index (χ0n) is 21.9. The van der Waals surface area contributed by atoms with Crippen LogP contribution in [0.3, 0.4) is 0 Å². The molecule has 1 heterocycles. The summed E-state index contributed by atoms with van der Waals surface area (Å²) in [6.45, 7) is 10.5. The monoisotopic (exact) mass is 487 g/mol. The molecule has 8 nitrogen and oxygen atoms in total. The number of fused-ring (bicyclic) bond motifs is 6. The molecule has 0 N–H and O–H groups in total. The molecule has 0 spiro atoms. The Kier molecular flexibility index (Phi) is 6.25. The smallest absolute Gasteiger partial charge is 0.315 e. The number of carbonyl (C=O) groups is 2. The van der Waals surface area contributed by atoms with Gasteiger partial charge in [-0.1, -0.05) is 32.3 Å². The van der Waals surface area contributed by atoms with Crippen LogP contribution < -0.4 is 0 Å². The zero-order chi connectivity index (χ0) is 25.2. The van der Waals surface area contributed by atoms with E-state index in [4.69, 9.17) is 19.7 Å². The second-order valence-electron chi connectivity index (χ2n) is 12.8. The number of hydrogen-bond donors (Lipinski definition) is 0. The molecule has 194 valence electrons. The highest BCUT2D eigenvalue weighted by molar-refractivity contribution is 5.83. The molecule has 0 aromatic heterocycles. The van der Waals surface area contributed by atoms with Gasteiger partial charge in [0.2, 0.25) is 0 Å². The Morgan fingerprint density at radius 2 is 1.86 bits per heavy atom. The van der Waals surface area contributed by atoms with Crippen LogP contribution in [0.25, 0.3) is 10.4 Å². The largest absolute Gasteiger partial charge is 0.461 e. The number of azide groups is 1.